The molecule has 0 unspecified atom stereocenters. The van der Waals surface area contributed by atoms with E-state index in [0.29, 0.717) is 27.3 Å². The Morgan fingerprint density at radius 3 is 2.70 bits per heavy atom. The number of benzene rings is 1. The number of carbonyl (C=O) groups is 2. The summed E-state index contributed by atoms with van der Waals surface area (Å²) in [5, 5.41) is 0. The van der Waals surface area contributed by atoms with Gasteiger partial charge in [0.15, 0.2) is 11.5 Å². The molecule has 0 spiro atoms. The van der Waals surface area contributed by atoms with Crippen molar-refractivity contribution >= 4 is 46.3 Å². The molecular weight excluding hydrogens is 386 g/mol. The normalized spacial score (nSPS) is 15.6. The Labute approximate surface area is 168 Å². The monoisotopic (exact) mass is 409 g/mol. The first kappa shape index (κ1) is 21.2. The van der Waals surface area contributed by atoms with Crippen LogP contribution in [0.1, 0.15) is 32.8 Å². The lowest BCUT2D eigenvalue weighted by atomic mass is 10.2. The van der Waals surface area contributed by atoms with Gasteiger partial charge < -0.3 is 14.2 Å². The van der Waals surface area contributed by atoms with Crippen molar-refractivity contribution in [1.29, 1.82) is 0 Å². The lowest BCUT2D eigenvalue weighted by molar-refractivity contribution is -0.149. The number of ether oxygens (including phenoxy) is 3. The van der Waals surface area contributed by atoms with Crippen molar-refractivity contribution in [3.63, 3.8) is 0 Å². The van der Waals surface area contributed by atoms with Crippen molar-refractivity contribution in [1.82, 2.24) is 4.90 Å². The van der Waals surface area contributed by atoms with Crippen molar-refractivity contribution in [3.8, 4) is 11.5 Å². The van der Waals surface area contributed by atoms with E-state index in [4.69, 9.17) is 26.4 Å². The van der Waals surface area contributed by atoms with Crippen molar-refractivity contribution in [2.45, 2.75) is 33.3 Å². The summed E-state index contributed by atoms with van der Waals surface area (Å²) >= 11 is 6.39. The van der Waals surface area contributed by atoms with Crippen LogP contribution in [-0.4, -0.2) is 47.5 Å². The van der Waals surface area contributed by atoms with Gasteiger partial charge in [-0.2, -0.15) is 0 Å². The standard InChI is InChI=1S/C19H23NO5S2/c1-5-8-24-14-7-6-13(9-15(14)23-4)10-16-18(22)20(19(26)27-16)11-17(21)25-12(2)3/h6-7,9-10,12H,5,8,11H2,1-4H3/b16-10-. The predicted molar refractivity (Wildman–Crippen MR) is 110 cm³/mol. The highest BCUT2D eigenvalue weighted by Crippen LogP contribution is 2.34. The minimum atomic E-state index is -0.485. The van der Waals surface area contributed by atoms with Gasteiger partial charge in [0.05, 0.1) is 24.7 Å². The van der Waals surface area contributed by atoms with Crippen molar-refractivity contribution in [2.24, 2.45) is 0 Å². The predicted octanol–water partition coefficient (Wildman–Crippen LogP) is 3.64. The maximum absolute atomic E-state index is 12.6. The second-order valence-electron chi connectivity index (χ2n) is 6.07. The van der Waals surface area contributed by atoms with Crippen LogP contribution in [0.4, 0.5) is 0 Å². The van der Waals surface area contributed by atoms with E-state index >= 15 is 0 Å². The molecule has 0 saturated carbocycles. The van der Waals surface area contributed by atoms with Crippen LogP contribution in [0.5, 0.6) is 11.5 Å². The van der Waals surface area contributed by atoms with E-state index in [9.17, 15) is 9.59 Å². The van der Waals surface area contributed by atoms with Crippen LogP contribution in [-0.2, 0) is 14.3 Å². The van der Waals surface area contributed by atoms with Crippen LogP contribution >= 0.6 is 24.0 Å². The number of rotatable bonds is 8. The summed E-state index contributed by atoms with van der Waals surface area (Å²) in [6, 6.07) is 5.44. The summed E-state index contributed by atoms with van der Waals surface area (Å²) in [4.78, 5) is 26.1. The quantitative estimate of drug-likeness (QED) is 0.369. The van der Waals surface area contributed by atoms with E-state index < -0.39 is 5.97 Å². The van der Waals surface area contributed by atoms with Gasteiger partial charge in [-0.05, 0) is 44.0 Å². The number of hydrogen-bond acceptors (Lipinski definition) is 7. The van der Waals surface area contributed by atoms with Crippen LogP contribution in [0.2, 0.25) is 0 Å². The first-order valence-corrected chi connectivity index (χ1v) is 9.83. The number of hydrogen-bond donors (Lipinski definition) is 0. The second kappa shape index (κ2) is 9.75. The Hall–Kier alpha value is -2.06. The third-order valence-corrected chi connectivity index (χ3v) is 4.85. The van der Waals surface area contributed by atoms with E-state index in [1.54, 1.807) is 39.2 Å². The molecule has 6 nitrogen and oxygen atoms in total. The molecule has 0 aromatic heterocycles. The lowest BCUT2D eigenvalue weighted by Crippen LogP contribution is -2.35. The number of methoxy groups -OCH3 is 1. The van der Waals surface area contributed by atoms with Crippen molar-refractivity contribution in [3.05, 3.63) is 28.7 Å². The number of thioether (sulfide) groups is 1. The number of thiocarbonyl (C=S) groups is 1. The fraction of sp³-hybridized carbons (Fsp3) is 0.421. The van der Waals surface area contributed by atoms with Crippen LogP contribution < -0.4 is 9.47 Å². The molecule has 0 aliphatic carbocycles. The first-order chi connectivity index (χ1) is 12.8. The van der Waals surface area contributed by atoms with Gasteiger partial charge in [-0.25, -0.2) is 0 Å². The molecule has 1 heterocycles. The molecule has 0 radical (unpaired) electrons. The zero-order valence-electron chi connectivity index (χ0n) is 15.8. The topological polar surface area (TPSA) is 65.1 Å². The molecule has 1 amide bonds. The van der Waals surface area contributed by atoms with Gasteiger partial charge >= 0.3 is 5.97 Å². The summed E-state index contributed by atoms with van der Waals surface area (Å²) in [6.07, 6.45) is 2.37. The summed E-state index contributed by atoms with van der Waals surface area (Å²) < 4.78 is 16.4. The van der Waals surface area contributed by atoms with E-state index in [-0.39, 0.29) is 18.6 Å². The Bertz CT molecular complexity index is 760. The fourth-order valence-electron chi connectivity index (χ4n) is 2.32. The minimum Gasteiger partial charge on any atom is -0.493 e. The molecule has 1 aromatic carbocycles. The SMILES string of the molecule is CCCOc1ccc(/C=C2\SC(=S)N(CC(=O)OC(C)C)C2=O)cc1OC. The summed E-state index contributed by atoms with van der Waals surface area (Å²) in [7, 11) is 1.57. The molecular formula is C19H23NO5S2. The molecule has 27 heavy (non-hydrogen) atoms. The van der Waals surface area contributed by atoms with Gasteiger partial charge in [-0.1, -0.05) is 37.0 Å². The molecule has 0 N–H and O–H groups in total. The van der Waals surface area contributed by atoms with Crippen LogP contribution in [0.15, 0.2) is 23.1 Å². The highest BCUT2D eigenvalue weighted by Gasteiger charge is 2.34. The average Bonchev–Trinajstić information content (AvgIpc) is 2.87. The Balaban J connectivity index is 2.16. The third-order valence-electron chi connectivity index (χ3n) is 3.48. The molecule has 146 valence electrons. The largest absolute Gasteiger partial charge is 0.493 e. The highest BCUT2D eigenvalue weighted by atomic mass is 32.2. The van der Waals surface area contributed by atoms with Gasteiger partial charge in [0.25, 0.3) is 5.91 Å². The Kier molecular flexibility index (Phi) is 7.67. The van der Waals surface area contributed by atoms with Crippen molar-refractivity contribution < 1.29 is 23.8 Å². The second-order valence-corrected chi connectivity index (χ2v) is 7.74. The molecule has 0 atom stereocenters. The molecule has 1 fully saturated rings. The zero-order chi connectivity index (χ0) is 20.0. The zero-order valence-corrected chi connectivity index (χ0v) is 17.4. The Morgan fingerprint density at radius 2 is 2.07 bits per heavy atom. The first-order valence-electron chi connectivity index (χ1n) is 8.61. The third kappa shape index (κ3) is 5.71. The number of amides is 1. The van der Waals surface area contributed by atoms with E-state index in [1.165, 1.54) is 4.90 Å². The maximum Gasteiger partial charge on any atom is 0.326 e. The summed E-state index contributed by atoms with van der Waals surface area (Å²) in [6.45, 7) is 5.95. The van der Waals surface area contributed by atoms with Crippen molar-refractivity contribution in [2.75, 3.05) is 20.3 Å². The van der Waals surface area contributed by atoms with E-state index in [2.05, 4.69) is 0 Å². The van der Waals surface area contributed by atoms with Crippen LogP contribution in [0.25, 0.3) is 6.08 Å². The maximum atomic E-state index is 12.6. The number of nitrogens with zero attached hydrogens (tertiary/aromatic N) is 1. The minimum absolute atomic E-state index is 0.187. The molecule has 2 rings (SSSR count). The molecule has 1 aliphatic heterocycles. The van der Waals surface area contributed by atoms with Gasteiger partial charge in [0.1, 0.15) is 10.9 Å². The molecule has 1 saturated heterocycles. The lowest BCUT2D eigenvalue weighted by Gasteiger charge is -2.15. The van der Waals surface area contributed by atoms with E-state index in [0.717, 1.165) is 23.7 Å². The fourth-order valence-corrected chi connectivity index (χ4v) is 3.58. The van der Waals surface area contributed by atoms with Gasteiger partial charge in [-0.15, -0.1) is 0 Å². The molecule has 8 heteroatoms. The highest BCUT2D eigenvalue weighted by molar-refractivity contribution is 8.26. The van der Waals surface area contributed by atoms with Gasteiger partial charge in [0.2, 0.25) is 0 Å². The number of esters is 1. The van der Waals surface area contributed by atoms with E-state index in [1.807, 2.05) is 13.0 Å². The summed E-state index contributed by atoms with van der Waals surface area (Å²) in [5.41, 5.74) is 0.779. The average molecular weight is 410 g/mol. The van der Waals surface area contributed by atoms with Gasteiger partial charge in [0, 0.05) is 0 Å². The molecule has 1 aromatic rings. The summed E-state index contributed by atoms with van der Waals surface area (Å²) in [5.74, 6) is 0.450. The number of carbonyl (C=O) groups excluding carboxylic acids is 2. The smallest absolute Gasteiger partial charge is 0.326 e. The van der Waals surface area contributed by atoms with Gasteiger partial charge in [-0.3, -0.25) is 14.5 Å². The van der Waals surface area contributed by atoms with Crippen LogP contribution in [0, 0.1) is 0 Å². The molecule has 0 bridgehead atoms. The molecule has 1 aliphatic rings. The van der Waals surface area contributed by atoms with Crippen LogP contribution in [0.3, 0.4) is 0 Å². The Morgan fingerprint density at radius 1 is 1.33 bits per heavy atom.